The summed E-state index contributed by atoms with van der Waals surface area (Å²) in [5, 5.41) is 9.57. The number of hydrogen-bond acceptors (Lipinski definition) is 4. The first kappa shape index (κ1) is 17.0. The van der Waals surface area contributed by atoms with Crippen LogP contribution in [-0.4, -0.2) is 23.5 Å². The van der Waals surface area contributed by atoms with Crippen LogP contribution in [0.5, 0.6) is 5.75 Å². The van der Waals surface area contributed by atoms with Gasteiger partial charge >= 0.3 is 5.97 Å². The zero-order valence-electron chi connectivity index (χ0n) is 13.9. The summed E-state index contributed by atoms with van der Waals surface area (Å²) in [7, 11) is 0. The molecule has 0 bridgehead atoms. The number of ketones is 1. The number of carbonyl (C=O) groups is 2. The number of carboxylic acid groups (broad SMARTS) is 1. The minimum Gasteiger partial charge on any atom is -0.492 e. The van der Waals surface area contributed by atoms with Crippen LogP contribution in [0.15, 0.2) is 53.6 Å². The van der Waals surface area contributed by atoms with Gasteiger partial charge in [0.2, 0.25) is 0 Å². The van der Waals surface area contributed by atoms with Crippen molar-refractivity contribution < 1.29 is 19.4 Å². The first-order chi connectivity index (χ1) is 12.1. The van der Waals surface area contributed by atoms with Gasteiger partial charge < -0.3 is 15.6 Å². The Morgan fingerprint density at radius 2 is 2.00 bits per heavy atom. The van der Waals surface area contributed by atoms with Crippen LogP contribution in [0.25, 0.3) is 0 Å². The molecular formula is C20H21NO4. The molecule has 1 saturated carbocycles. The van der Waals surface area contributed by atoms with Crippen LogP contribution in [0.4, 0.5) is 5.69 Å². The highest BCUT2D eigenvalue weighted by atomic mass is 16.5. The molecule has 130 valence electrons. The van der Waals surface area contributed by atoms with Gasteiger partial charge in [-0.25, -0.2) is 4.79 Å². The highest BCUT2D eigenvalue weighted by molar-refractivity contribution is 6.07. The van der Waals surface area contributed by atoms with Crippen molar-refractivity contribution in [3.05, 3.63) is 59.2 Å². The highest BCUT2D eigenvalue weighted by Crippen LogP contribution is 2.34. The van der Waals surface area contributed by atoms with E-state index in [9.17, 15) is 14.7 Å². The van der Waals surface area contributed by atoms with E-state index in [1.807, 2.05) is 0 Å². The number of allylic oxidation sites excluding steroid dienone is 3. The van der Waals surface area contributed by atoms with Crippen molar-refractivity contribution >= 4 is 17.4 Å². The molecular weight excluding hydrogens is 318 g/mol. The third-order valence-corrected chi connectivity index (χ3v) is 4.65. The minimum atomic E-state index is -0.945. The Hall–Kier alpha value is -2.82. The maximum atomic E-state index is 12.4. The predicted octanol–water partition coefficient (Wildman–Crippen LogP) is 3.53. The Balaban J connectivity index is 2.05. The van der Waals surface area contributed by atoms with Gasteiger partial charge in [-0.3, -0.25) is 4.79 Å². The van der Waals surface area contributed by atoms with Gasteiger partial charge in [-0.1, -0.05) is 18.6 Å². The number of aliphatic carboxylic acids is 1. The third kappa shape index (κ3) is 3.82. The second-order valence-corrected chi connectivity index (χ2v) is 6.34. The first-order valence-corrected chi connectivity index (χ1v) is 8.44. The standard InChI is InChI=1S/C20H21NO4/c21-14-9-10-17-18(22)8-4-3-7-16(20(23)24)15-6-2-1-5-13(15)12-25-19(17)11-14/h3-4,7-11,13H,1-2,5-6,12,21H2,(H,23,24). The van der Waals surface area contributed by atoms with E-state index in [-0.39, 0.29) is 11.7 Å². The number of carbonyl (C=O) groups excluding carboxylic acids is 1. The number of ether oxygens (including phenoxy) is 1. The average molecular weight is 339 g/mol. The molecule has 5 nitrogen and oxygen atoms in total. The summed E-state index contributed by atoms with van der Waals surface area (Å²) in [6.45, 7) is 0.341. The molecule has 3 rings (SSSR count). The summed E-state index contributed by atoms with van der Waals surface area (Å²) >= 11 is 0. The molecule has 1 aliphatic carbocycles. The highest BCUT2D eigenvalue weighted by Gasteiger charge is 2.25. The Labute approximate surface area is 146 Å². The summed E-state index contributed by atoms with van der Waals surface area (Å²) in [5.74, 6) is -0.678. The third-order valence-electron chi connectivity index (χ3n) is 4.65. The molecule has 1 fully saturated rings. The van der Waals surface area contributed by atoms with E-state index in [1.54, 1.807) is 36.4 Å². The molecule has 5 heteroatoms. The maximum absolute atomic E-state index is 12.4. The average Bonchev–Trinajstić information content (AvgIpc) is 2.59. The van der Waals surface area contributed by atoms with E-state index in [2.05, 4.69) is 0 Å². The fraction of sp³-hybridized carbons (Fsp3) is 0.300. The van der Waals surface area contributed by atoms with Crippen LogP contribution in [0.3, 0.4) is 0 Å². The second-order valence-electron chi connectivity index (χ2n) is 6.34. The van der Waals surface area contributed by atoms with Gasteiger partial charge in [0.25, 0.3) is 0 Å². The first-order valence-electron chi connectivity index (χ1n) is 8.44. The Morgan fingerprint density at radius 3 is 2.80 bits per heavy atom. The summed E-state index contributed by atoms with van der Waals surface area (Å²) in [6.07, 6.45) is 9.80. The molecule has 1 heterocycles. The number of benzene rings is 1. The number of carboxylic acids is 1. The lowest BCUT2D eigenvalue weighted by Crippen LogP contribution is -2.22. The molecule has 1 aromatic rings. The molecule has 25 heavy (non-hydrogen) atoms. The van der Waals surface area contributed by atoms with Crippen molar-refractivity contribution in [2.45, 2.75) is 25.7 Å². The minimum absolute atomic E-state index is 0.0253. The van der Waals surface area contributed by atoms with Crippen LogP contribution in [0, 0.1) is 5.92 Å². The lowest BCUT2D eigenvalue weighted by molar-refractivity contribution is -0.132. The van der Waals surface area contributed by atoms with Crippen LogP contribution in [0.2, 0.25) is 0 Å². The number of hydrogen-bond donors (Lipinski definition) is 2. The van der Waals surface area contributed by atoms with Crippen LogP contribution >= 0.6 is 0 Å². The molecule has 0 spiro atoms. The van der Waals surface area contributed by atoms with Crippen molar-refractivity contribution in [3.63, 3.8) is 0 Å². The maximum Gasteiger partial charge on any atom is 0.335 e. The van der Waals surface area contributed by atoms with Gasteiger partial charge in [0, 0.05) is 17.7 Å². The lowest BCUT2D eigenvalue weighted by Gasteiger charge is -2.27. The van der Waals surface area contributed by atoms with Crippen LogP contribution in [-0.2, 0) is 4.79 Å². The Bertz CT molecular complexity index is 789. The van der Waals surface area contributed by atoms with Gasteiger partial charge in [0.15, 0.2) is 5.78 Å². The number of nitrogen functional groups attached to an aromatic ring is 1. The largest absolute Gasteiger partial charge is 0.492 e. The van der Waals surface area contributed by atoms with Gasteiger partial charge in [-0.2, -0.15) is 0 Å². The van der Waals surface area contributed by atoms with Crippen molar-refractivity contribution in [1.82, 2.24) is 0 Å². The van der Waals surface area contributed by atoms with Crippen molar-refractivity contribution in [3.8, 4) is 5.75 Å². The summed E-state index contributed by atoms with van der Waals surface area (Å²) in [6, 6.07) is 4.98. The quantitative estimate of drug-likeness (QED) is 0.764. The van der Waals surface area contributed by atoms with Gasteiger partial charge in [0.05, 0.1) is 17.7 Å². The smallest absolute Gasteiger partial charge is 0.335 e. The fourth-order valence-corrected chi connectivity index (χ4v) is 3.38. The van der Waals surface area contributed by atoms with Crippen molar-refractivity contribution in [2.24, 2.45) is 5.92 Å². The molecule has 1 aromatic carbocycles. The summed E-state index contributed by atoms with van der Waals surface area (Å²) < 4.78 is 5.92. The van der Waals surface area contributed by atoms with E-state index in [1.165, 1.54) is 6.08 Å². The number of anilines is 1. The molecule has 0 aromatic heterocycles. The molecule has 2 aliphatic rings. The van der Waals surface area contributed by atoms with Crippen LogP contribution < -0.4 is 10.5 Å². The zero-order valence-corrected chi connectivity index (χ0v) is 13.9. The normalized spacial score (nSPS) is 20.8. The Kier molecular flexibility index (Phi) is 5.03. The number of rotatable bonds is 1. The molecule has 3 N–H and O–H groups in total. The topological polar surface area (TPSA) is 89.6 Å². The van der Waals surface area contributed by atoms with E-state index >= 15 is 0 Å². The molecule has 1 aliphatic heterocycles. The van der Waals surface area contributed by atoms with Gasteiger partial charge in [0.1, 0.15) is 5.75 Å². The van der Waals surface area contributed by atoms with Crippen molar-refractivity contribution in [1.29, 1.82) is 0 Å². The molecule has 0 saturated heterocycles. The van der Waals surface area contributed by atoms with Gasteiger partial charge in [-0.15, -0.1) is 0 Å². The van der Waals surface area contributed by atoms with Gasteiger partial charge in [-0.05, 0) is 49.1 Å². The molecule has 1 unspecified atom stereocenters. The van der Waals surface area contributed by atoms with E-state index < -0.39 is 5.97 Å². The molecule has 0 radical (unpaired) electrons. The van der Waals surface area contributed by atoms with E-state index in [0.29, 0.717) is 29.2 Å². The van der Waals surface area contributed by atoms with E-state index in [4.69, 9.17) is 10.5 Å². The fourth-order valence-electron chi connectivity index (χ4n) is 3.38. The molecule has 1 atom stereocenters. The van der Waals surface area contributed by atoms with Crippen LogP contribution in [0.1, 0.15) is 36.0 Å². The lowest BCUT2D eigenvalue weighted by atomic mass is 9.81. The Morgan fingerprint density at radius 1 is 1.20 bits per heavy atom. The summed E-state index contributed by atoms with van der Waals surface area (Å²) in [4.78, 5) is 24.0. The van der Waals surface area contributed by atoms with E-state index in [0.717, 1.165) is 31.3 Å². The second kappa shape index (κ2) is 7.38. The molecule has 0 amide bonds. The monoisotopic (exact) mass is 339 g/mol. The summed E-state index contributed by atoms with van der Waals surface area (Å²) in [5.41, 5.74) is 8.03. The predicted molar refractivity (Wildman–Crippen MR) is 95.6 cm³/mol. The number of fused-ring (bicyclic) bond motifs is 2. The number of nitrogens with two attached hydrogens (primary N) is 1. The van der Waals surface area contributed by atoms with Crippen molar-refractivity contribution in [2.75, 3.05) is 12.3 Å². The SMILES string of the molecule is Nc1ccc2c(c1)OCC1CCCCC1=C(C(=O)O)C=CC=CC2=O. The zero-order chi connectivity index (χ0) is 17.8.